The highest BCUT2D eigenvalue weighted by Crippen LogP contribution is 2.20. The first-order chi connectivity index (χ1) is 7.90. The third-order valence-electron chi connectivity index (χ3n) is 2.57. The molecule has 1 aromatic heterocycles. The van der Waals surface area contributed by atoms with Gasteiger partial charge in [-0.2, -0.15) is 0 Å². The van der Waals surface area contributed by atoms with Crippen molar-refractivity contribution < 1.29 is 4.79 Å². The number of hydrogen-bond acceptors (Lipinski definition) is 3. The lowest BCUT2D eigenvalue weighted by Gasteiger charge is -2.15. The fraction of sp³-hybridized carbons (Fsp3) is 0.615. The predicted octanol–water partition coefficient (Wildman–Crippen LogP) is 2.37. The van der Waals surface area contributed by atoms with Crippen LogP contribution in [0.15, 0.2) is 6.07 Å². The molecule has 1 rings (SSSR count). The zero-order valence-corrected chi connectivity index (χ0v) is 12.1. The second-order valence-corrected chi connectivity index (χ2v) is 6.16. The highest BCUT2D eigenvalue weighted by Gasteiger charge is 2.13. The van der Waals surface area contributed by atoms with Crippen LogP contribution in [0.25, 0.3) is 0 Å². The molecule has 1 unspecified atom stereocenters. The van der Waals surface area contributed by atoms with Crippen molar-refractivity contribution in [1.29, 1.82) is 0 Å². The number of carbonyl (C=O) groups is 1. The Labute approximate surface area is 108 Å². The van der Waals surface area contributed by atoms with Crippen molar-refractivity contribution in [3.63, 3.8) is 0 Å². The molecular formula is C13H22N2OS. The van der Waals surface area contributed by atoms with Crippen LogP contribution in [-0.2, 0) is 11.3 Å². The Hall–Kier alpha value is -0.870. The SMILES string of the molecule is Cc1cc(CNC(C)C(=O)NC(C)C)c(C)s1. The minimum Gasteiger partial charge on any atom is -0.353 e. The normalized spacial score (nSPS) is 12.8. The van der Waals surface area contributed by atoms with Crippen molar-refractivity contribution in [3.8, 4) is 0 Å². The van der Waals surface area contributed by atoms with Crippen molar-refractivity contribution >= 4 is 17.2 Å². The van der Waals surface area contributed by atoms with Crippen molar-refractivity contribution in [3.05, 3.63) is 21.4 Å². The molecule has 3 nitrogen and oxygen atoms in total. The average molecular weight is 254 g/mol. The van der Waals surface area contributed by atoms with Crippen LogP contribution in [0.3, 0.4) is 0 Å². The molecule has 1 amide bonds. The molecule has 0 spiro atoms. The predicted molar refractivity (Wildman–Crippen MR) is 73.4 cm³/mol. The summed E-state index contributed by atoms with van der Waals surface area (Å²) in [5.41, 5.74) is 1.29. The second-order valence-electron chi connectivity index (χ2n) is 4.70. The smallest absolute Gasteiger partial charge is 0.237 e. The van der Waals surface area contributed by atoms with Crippen LogP contribution < -0.4 is 10.6 Å². The summed E-state index contributed by atoms with van der Waals surface area (Å²) in [6.07, 6.45) is 0. The van der Waals surface area contributed by atoms with Gasteiger partial charge in [0.15, 0.2) is 0 Å². The van der Waals surface area contributed by atoms with Crippen LogP contribution in [0.5, 0.6) is 0 Å². The van der Waals surface area contributed by atoms with Gasteiger partial charge in [0.2, 0.25) is 5.91 Å². The van der Waals surface area contributed by atoms with Crippen LogP contribution in [0.4, 0.5) is 0 Å². The molecule has 1 heterocycles. The van der Waals surface area contributed by atoms with Gasteiger partial charge in [-0.25, -0.2) is 0 Å². The van der Waals surface area contributed by atoms with Crippen LogP contribution in [0.2, 0.25) is 0 Å². The third-order valence-corrected chi connectivity index (χ3v) is 3.57. The number of hydrogen-bond donors (Lipinski definition) is 2. The number of rotatable bonds is 5. The number of amides is 1. The van der Waals surface area contributed by atoms with E-state index in [9.17, 15) is 4.79 Å². The van der Waals surface area contributed by atoms with Crippen LogP contribution in [0, 0.1) is 13.8 Å². The molecule has 1 aromatic rings. The minimum absolute atomic E-state index is 0.0598. The van der Waals surface area contributed by atoms with E-state index in [-0.39, 0.29) is 18.0 Å². The van der Waals surface area contributed by atoms with E-state index in [4.69, 9.17) is 0 Å². The van der Waals surface area contributed by atoms with E-state index in [0.29, 0.717) is 0 Å². The molecule has 0 bridgehead atoms. The quantitative estimate of drug-likeness (QED) is 0.847. The van der Waals surface area contributed by atoms with E-state index in [1.807, 2.05) is 20.8 Å². The molecule has 0 aliphatic carbocycles. The number of aryl methyl sites for hydroxylation is 2. The van der Waals surface area contributed by atoms with Crippen molar-refractivity contribution in [2.45, 2.75) is 53.2 Å². The molecule has 0 aliphatic rings. The Morgan fingerprint density at radius 3 is 2.47 bits per heavy atom. The van der Waals surface area contributed by atoms with E-state index in [0.717, 1.165) is 6.54 Å². The van der Waals surface area contributed by atoms with Gasteiger partial charge >= 0.3 is 0 Å². The van der Waals surface area contributed by atoms with E-state index in [2.05, 4.69) is 30.5 Å². The summed E-state index contributed by atoms with van der Waals surface area (Å²) < 4.78 is 0. The van der Waals surface area contributed by atoms with Gasteiger partial charge in [0.1, 0.15) is 0 Å². The van der Waals surface area contributed by atoms with E-state index >= 15 is 0 Å². The standard InChI is InChI=1S/C13H22N2OS/c1-8(2)15-13(16)10(4)14-7-12-6-9(3)17-11(12)5/h6,8,10,14H,7H2,1-5H3,(H,15,16). The number of thiophene rings is 1. The summed E-state index contributed by atoms with van der Waals surface area (Å²) in [6.45, 7) is 10.8. The van der Waals surface area contributed by atoms with Gasteiger partial charge in [-0.1, -0.05) is 0 Å². The summed E-state index contributed by atoms with van der Waals surface area (Å²) >= 11 is 1.80. The van der Waals surface area contributed by atoms with E-state index in [1.54, 1.807) is 11.3 Å². The summed E-state index contributed by atoms with van der Waals surface area (Å²) in [5.74, 6) is 0.0598. The molecule has 17 heavy (non-hydrogen) atoms. The van der Waals surface area contributed by atoms with Crippen molar-refractivity contribution in [2.75, 3.05) is 0 Å². The zero-order valence-electron chi connectivity index (χ0n) is 11.3. The van der Waals surface area contributed by atoms with Gasteiger partial charge in [-0.15, -0.1) is 11.3 Å². The average Bonchev–Trinajstić information content (AvgIpc) is 2.52. The number of carbonyl (C=O) groups excluding carboxylic acids is 1. The molecule has 96 valence electrons. The Balaban J connectivity index is 2.45. The summed E-state index contributed by atoms with van der Waals surface area (Å²) in [7, 11) is 0. The number of nitrogens with one attached hydrogen (secondary N) is 2. The second kappa shape index (κ2) is 6.17. The monoisotopic (exact) mass is 254 g/mol. The van der Waals surface area contributed by atoms with Gasteiger partial charge in [0.05, 0.1) is 6.04 Å². The highest BCUT2D eigenvalue weighted by atomic mass is 32.1. The maximum absolute atomic E-state index is 11.7. The third kappa shape index (κ3) is 4.48. The maximum Gasteiger partial charge on any atom is 0.237 e. The first-order valence-corrected chi connectivity index (χ1v) is 6.81. The molecule has 0 aromatic carbocycles. The van der Waals surface area contributed by atoms with Gasteiger partial charge in [0, 0.05) is 22.3 Å². The molecule has 0 aliphatic heterocycles. The topological polar surface area (TPSA) is 41.1 Å². The maximum atomic E-state index is 11.7. The van der Waals surface area contributed by atoms with Gasteiger partial charge in [0.25, 0.3) is 0 Å². The van der Waals surface area contributed by atoms with Gasteiger partial charge in [-0.3, -0.25) is 4.79 Å². The molecule has 0 fully saturated rings. The highest BCUT2D eigenvalue weighted by molar-refractivity contribution is 7.12. The Morgan fingerprint density at radius 1 is 1.35 bits per heavy atom. The lowest BCUT2D eigenvalue weighted by Crippen LogP contribution is -2.44. The largest absolute Gasteiger partial charge is 0.353 e. The van der Waals surface area contributed by atoms with Crippen LogP contribution in [0.1, 0.15) is 36.1 Å². The molecule has 2 N–H and O–H groups in total. The fourth-order valence-electron chi connectivity index (χ4n) is 1.62. The minimum atomic E-state index is -0.156. The zero-order chi connectivity index (χ0) is 13.0. The van der Waals surface area contributed by atoms with Crippen molar-refractivity contribution in [1.82, 2.24) is 10.6 Å². The summed E-state index contributed by atoms with van der Waals surface area (Å²) in [6, 6.07) is 2.22. The van der Waals surface area contributed by atoms with Gasteiger partial charge < -0.3 is 10.6 Å². The summed E-state index contributed by atoms with van der Waals surface area (Å²) in [5, 5.41) is 6.15. The van der Waals surface area contributed by atoms with Gasteiger partial charge in [-0.05, 0) is 46.2 Å². The first-order valence-electron chi connectivity index (χ1n) is 5.99. The molecule has 1 atom stereocenters. The van der Waals surface area contributed by atoms with E-state index < -0.39 is 0 Å². The molecule has 0 radical (unpaired) electrons. The lowest BCUT2D eigenvalue weighted by atomic mass is 10.2. The van der Waals surface area contributed by atoms with Crippen molar-refractivity contribution in [2.24, 2.45) is 0 Å². The Morgan fingerprint density at radius 2 is 2.00 bits per heavy atom. The fourth-order valence-corrected chi connectivity index (χ4v) is 2.57. The lowest BCUT2D eigenvalue weighted by molar-refractivity contribution is -0.123. The van der Waals surface area contributed by atoms with Crippen LogP contribution in [-0.4, -0.2) is 18.0 Å². The Bertz CT molecular complexity index is 385. The first kappa shape index (κ1) is 14.2. The summed E-state index contributed by atoms with van der Waals surface area (Å²) in [4.78, 5) is 14.3. The molecule has 4 heteroatoms. The molecule has 0 saturated heterocycles. The Kier molecular flexibility index (Phi) is 5.15. The van der Waals surface area contributed by atoms with Crippen LogP contribution >= 0.6 is 11.3 Å². The van der Waals surface area contributed by atoms with E-state index in [1.165, 1.54) is 15.3 Å². The molecule has 0 saturated carbocycles. The molecular weight excluding hydrogens is 232 g/mol.